The molecule has 1 amide bonds. The highest BCUT2D eigenvalue weighted by Gasteiger charge is 2.06. The average molecular weight is 274 g/mol. The number of halogens is 1. The topological polar surface area (TPSA) is 78.8 Å². The first kappa shape index (κ1) is 14.8. The van der Waals surface area contributed by atoms with E-state index in [4.69, 9.17) is 26.6 Å². The van der Waals surface area contributed by atoms with E-state index in [0.717, 1.165) is 0 Å². The second-order valence-corrected chi connectivity index (χ2v) is 4.13. The van der Waals surface area contributed by atoms with E-state index in [9.17, 15) is 4.79 Å². The van der Waals surface area contributed by atoms with Crippen LogP contribution in [-0.4, -0.2) is 42.0 Å². The molecule has 0 bridgehead atoms. The van der Waals surface area contributed by atoms with Crippen molar-refractivity contribution in [3.05, 3.63) is 29.3 Å². The first-order chi connectivity index (χ1) is 8.61. The molecule has 0 heterocycles. The number of aliphatic hydroxyl groups excluding tert-OH is 2. The van der Waals surface area contributed by atoms with Gasteiger partial charge in [-0.3, -0.25) is 4.79 Å². The van der Waals surface area contributed by atoms with Crippen molar-refractivity contribution in [1.82, 2.24) is 5.32 Å². The molecular weight excluding hydrogens is 258 g/mol. The Hall–Kier alpha value is -1.30. The Kier molecular flexibility index (Phi) is 6.49. The molecule has 0 saturated carbocycles. The van der Waals surface area contributed by atoms with Gasteiger partial charge >= 0.3 is 0 Å². The van der Waals surface area contributed by atoms with Crippen molar-refractivity contribution < 1.29 is 19.7 Å². The van der Waals surface area contributed by atoms with Gasteiger partial charge in [-0.1, -0.05) is 17.7 Å². The van der Waals surface area contributed by atoms with Crippen LogP contribution in [0.2, 0.25) is 5.02 Å². The lowest BCUT2D eigenvalue weighted by atomic mass is 10.3. The largest absolute Gasteiger partial charge is 0.493 e. The molecule has 1 atom stereocenters. The quantitative estimate of drug-likeness (QED) is 0.679. The number of ether oxygens (including phenoxy) is 1. The fraction of sp³-hybridized carbons (Fsp3) is 0.417. The van der Waals surface area contributed by atoms with E-state index in [0.29, 0.717) is 10.8 Å². The summed E-state index contributed by atoms with van der Waals surface area (Å²) in [5.41, 5.74) is 0. The van der Waals surface area contributed by atoms with Gasteiger partial charge in [0.2, 0.25) is 5.91 Å². The lowest BCUT2D eigenvalue weighted by Crippen LogP contribution is -2.34. The van der Waals surface area contributed by atoms with E-state index in [2.05, 4.69) is 5.32 Å². The Morgan fingerprint density at radius 3 is 2.94 bits per heavy atom. The van der Waals surface area contributed by atoms with Gasteiger partial charge in [-0.05, 0) is 18.2 Å². The summed E-state index contributed by atoms with van der Waals surface area (Å²) in [7, 11) is 0. The molecule has 1 rings (SSSR count). The molecule has 1 unspecified atom stereocenters. The zero-order valence-electron chi connectivity index (χ0n) is 9.80. The van der Waals surface area contributed by atoms with Gasteiger partial charge in [0, 0.05) is 11.6 Å². The summed E-state index contributed by atoms with van der Waals surface area (Å²) >= 11 is 5.78. The molecule has 0 aliphatic rings. The van der Waals surface area contributed by atoms with Gasteiger partial charge in [0.15, 0.2) is 0 Å². The van der Waals surface area contributed by atoms with E-state index < -0.39 is 6.10 Å². The maximum atomic E-state index is 11.3. The number of amides is 1. The van der Waals surface area contributed by atoms with Gasteiger partial charge in [-0.25, -0.2) is 0 Å². The maximum Gasteiger partial charge on any atom is 0.223 e. The Morgan fingerprint density at radius 1 is 1.50 bits per heavy atom. The molecule has 0 radical (unpaired) electrons. The summed E-state index contributed by atoms with van der Waals surface area (Å²) in [6.07, 6.45) is -0.757. The van der Waals surface area contributed by atoms with E-state index in [1.165, 1.54) is 0 Å². The molecule has 1 aromatic carbocycles. The lowest BCUT2D eigenvalue weighted by Gasteiger charge is -2.09. The molecule has 3 N–H and O–H groups in total. The predicted molar refractivity (Wildman–Crippen MR) is 67.7 cm³/mol. The second kappa shape index (κ2) is 7.92. The van der Waals surface area contributed by atoms with Crippen LogP contribution in [0.15, 0.2) is 24.3 Å². The fourth-order valence-electron chi connectivity index (χ4n) is 1.20. The number of carbonyl (C=O) groups excluding carboxylic acids is 1. The summed E-state index contributed by atoms with van der Waals surface area (Å²) in [5, 5.41) is 20.6. The van der Waals surface area contributed by atoms with Crippen LogP contribution >= 0.6 is 11.6 Å². The highest BCUT2D eigenvalue weighted by atomic mass is 35.5. The molecule has 0 spiro atoms. The van der Waals surface area contributed by atoms with Crippen molar-refractivity contribution in [3.63, 3.8) is 0 Å². The minimum absolute atomic E-state index is 0.0342. The minimum Gasteiger partial charge on any atom is -0.493 e. The summed E-state index contributed by atoms with van der Waals surface area (Å²) < 4.78 is 5.33. The second-order valence-electron chi connectivity index (χ2n) is 3.70. The molecule has 1 aromatic rings. The summed E-state index contributed by atoms with van der Waals surface area (Å²) in [5.74, 6) is 0.357. The normalized spacial score (nSPS) is 11.9. The van der Waals surface area contributed by atoms with Crippen LogP contribution in [0, 0.1) is 0 Å². The number of hydrogen-bond donors (Lipinski definition) is 3. The van der Waals surface area contributed by atoms with Crippen LogP contribution < -0.4 is 10.1 Å². The third-order valence-electron chi connectivity index (χ3n) is 2.14. The first-order valence-electron chi connectivity index (χ1n) is 5.56. The minimum atomic E-state index is -0.928. The standard InChI is InChI=1S/C12H16ClNO4/c13-9-2-1-3-11(6-9)18-5-4-12(17)14-7-10(16)8-15/h1-3,6,10,15-16H,4-5,7-8H2,(H,14,17). The monoisotopic (exact) mass is 273 g/mol. The number of hydrogen-bond acceptors (Lipinski definition) is 4. The van der Waals surface area contributed by atoms with Crippen LogP contribution in [-0.2, 0) is 4.79 Å². The van der Waals surface area contributed by atoms with Crippen molar-refractivity contribution in [2.24, 2.45) is 0 Å². The van der Waals surface area contributed by atoms with Gasteiger partial charge in [-0.15, -0.1) is 0 Å². The fourth-order valence-corrected chi connectivity index (χ4v) is 1.38. The number of rotatable bonds is 7. The molecule has 0 aliphatic carbocycles. The third-order valence-corrected chi connectivity index (χ3v) is 2.37. The summed E-state index contributed by atoms with van der Waals surface area (Å²) in [4.78, 5) is 11.3. The van der Waals surface area contributed by atoms with E-state index in [1.807, 2.05) is 0 Å². The molecule has 0 aliphatic heterocycles. The van der Waals surface area contributed by atoms with Crippen molar-refractivity contribution in [2.75, 3.05) is 19.8 Å². The van der Waals surface area contributed by atoms with E-state index >= 15 is 0 Å². The van der Waals surface area contributed by atoms with Crippen LogP contribution in [0.4, 0.5) is 0 Å². The van der Waals surface area contributed by atoms with Crippen molar-refractivity contribution >= 4 is 17.5 Å². The van der Waals surface area contributed by atoms with Gasteiger partial charge < -0.3 is 20.3 Å². The van der Waals surface area contributed by atoms with Crippen molar-refractivity contribution in [1.29, 1.82) is 0 Å². The molecule has 100 valence electrons. The molecule has 0 saturated heterocycles. The van der Waals surface area contributed by atoms with Crippen molar-refractivity contribution in [2.45, 2.75) is 12.5 Å². The Bertz CT molecular complexity index is 386. The van der Waals surface area contributed by atoms with Crippen LogP contribution in [0.1, 0.15) is 6.42 Å². The predicted octanol–water partition coefficient (Wildman–Crippen LogP) is 0.578. The SMILES string of the molecule is O=C(CCOc1cccc(Cl)c1)NCC(O)CO. The summed E-state index contributed by atoms with van der Waals surface area (Å²) in [6, 6.07) is 6.90. The van der Waals surface area contributed by atoms with E-state index in [1.54, 1.807) is 24.3 Å². The molecule has 5 nitrogen and oxygen atoms in total. The van der Waals surface area contributed by atoms with E-state index in [-0.39, 0.29) is 32.1 Å². The smallest absolute Gasteiger partial charge is 0.223 e. The number of carbonyl (C=O) groups is 1. The highest BCUT2D eigenvalue weighted by Crippen LogP contribution is 2.16. The zero-order valence-corrected chi connectivity index (χ0v) is 10.6. The number of nitrogens with one attached hydrogen (secondary N) is 1. The first-order valence-corrected chi connectivity index (χ1v) is 5.93. The Balaban J connectivity index is 2.19. The van der Waals surface area contributed by atoms with Crippen molar-refractivity contribution in [3.8, 4) is 5.75 Å². The number of benzene rings is 1. The van der Waals surface area contributed by atoms with Gasteiger partial charge in [0.05, 0.1) is 25.7 Å². The molecule has 18 heavy (non-hydrogen) atoms. The van der Waals surface area contributed by atoms with Crippen LogP contribution in [0.5, 0.6) is 5.75 Å². The van der Waals surface area contributed by atoms with Gasteiger partial charge in [-0.2, -0.15) is 0 Å². The Morgan fingerprint density at radius 2 is 2.28 bits per heavy atom. The molecule has 6 heteroatoms. The maximum absolute atomic E-state index is 11.3. The van der Waals surface area contributed by atoms with Crippen LogP contribution in [0.3, 0.4) is 0 Å². The Labute approximate surface area is 110 Å². The molecular formula is C12H16ClNO4. The number of aliphatic hydroxyl groups is 2. The molecule has 0 aromatic heterocycles. The summed E-state index contributed by atoms with van der Waals surface area (Å²) in [6.45, 7) is -0.118. The average Bonchev–Trinajstić information content (AvgIpc) is 2.36. The highest BCUT2D eigenvalue weighted by molar-refractivity contribution is 6.30. The van der Waals surface area contributed by atoms with Gasteiger partial charge in [0.1, 0.15) is 5.75 Å². The third kappa shape index (κ3) is 5.86. The zero-order chi connectivity index (χ0) is 13.4. The lowest BCUT2D eigenvalue weighted by molar-refractivity contribution is -0.122. The van der Waals surface area contributed by atoms with Gasteiger partial charge in [0.25, 0.3) is 0 Å². The van der Waals surface area contributed by atoms with Crippen LogP contribution in [0.25, 0.3) is 0 Å². The molecule has 0 fully saturated rings.